The molecule has 0 spiro atoms. The zero-order valence-electron chi connectivity index (χ0n) is 10.9. The minimum absolute atomic E-state index is 0.487. The molecule has 0 bridgehead atoms. The number of rotatable bonds is 4. The highest BCUT2D eigenvalue weighted by Gasteiger charge is 2.21. The van der Waals surface area contributed by atoms with Crippen LogP contribution in [-0.4, -0.2) is 43.0 Å². The van der Waals surface area contributed by atoms with Gasteiger partial charge in [0.05, 0.1) is 12.8 Å². The van der Waals surface area contributed by atoms with Crippen LogP contribution in [-0.2, 0) is 13.1 Å². The van der Waals surface area contributed by atoms with E-state index >= 15 is 0 Å². The van der Waals surface area contributed by atoms with Crippen LogP contribution in [0.3, 0.4) is 0 Å². The molecule has 2 N–H and O–H groups in total. The molecule has 0 aliphatic carbocycles. The molecule has 0 aromatic carbocycles. The molecule has 1 aromatic rings. The molecule has 1 aliphatic heterocycles. The second-order valence-electron chi connectivity index (χ2n) is 5.05. The molecule has 4 heteroatoms. The Morgan fingerprint density at radius 2 is 2.41 bits per heavy atom. The first-order valence-electron chi connectivity index (χ1n) is 6.34. The largest absolute Gasteiger partial charge is 0.468 e. The third-order valence-electron chi connectivity index (χ3n) is 3.67. The molecule has 0 amide bonds. The smallest absolute Gasteiger partial charge is 0.121 e. The third kappa shape index (κ3) is 3.09. The maximum Gasteiger partial charge on any atom is 0.121 e. The standard InChI is InChI=1S/C13H23N3O/c1-15-6-3-4-12(10-15)16(2)9-11-5-7-17-13(11)8-14/h5,7,12H,3-4,6,8-10,14H2,1-2H3. The summed E-state index contributed by atoms with van der Waals surface area (Å²) < 4.78 is 5.36. The maximum absolute atomic E-state index is 5.65. The number of hydrogen-bond acceptors (Lipinski definition) is 4. The minimum Gasteiger partial charge on any atom is -0.468 e. The summed E-state index contributed by atoms with van der Waals surface area (Å²) in [6.45, 7) is 3.80. The number of likely N-dealkylation sites (tertiary alicyclic amines) is 1. The predicted molar refractivity (Wildman–Crippen MR) is 68.6 cm³/mol. The van der Waals surface area contributed by atoms with E-state index in [4.69, 9.17) is 10.2 Å². The van der Waals surface area contributed by atoms with Crippen molar-refractivity contribution in [1.29, 1.82) is 0 Å². The molecule has 1 saturated heterocycles. The second kappa shape index (κ2) is 5.67. The van der Waals surface area contributed by atoms with E-state index in [1.54, 1.807) is 6.26 Å². The summed E-state index contributed by atoms with van der Waals surface area (Å²) in [6, 6.07) is 2.68. The Kier molecular flexibility index (Phi) is 4.20. The molecule has 0 saturated carbocycles. The van der Waals surface area contributed by atoms with E-state index in [9.17, 15) is 0 Å². The fraction of sp³-hybridized carbons (Fsp3) is 0.692. The molecule has 1 unspecified atom stereocenters. The lowest BCUT2D eigenvalue weighted by molar-refractivity contribution is 0.129. The summed E-state index contributed by atoms with van der Waals surface area (Å²) in [5.74, 6) is 0.918. The SMILES string of the molecule is CN1CCCC(N(C)Cc2ccoc2CN)C1. The van der Waals surface area contributed by atoms with E-state index in [2.05, 4.69) is 23.9 Å². The number of likely N-dealkylation sites (N-methyl/N-ethyl adjacent to an activating group) is 2. The van der Waals surface area contributed by atoms with Gasteiger partial charge in [0.2, 0.25) is 0 Å². The number of furan rings is 1. The lowest BCUT2D eigenvalue weighted by Gasteiger charge is -2.35. The van der Waals surface area contributed by atoms with Crippen LogP contribution in [0.25, 0.3) is 0 Å². The normalized spacial score (nSPS) is 22.2. The highest BCUT2D eigenvalue weighted by Crippen LogP contribution is 2.18. The summed E-state index contributed by atoms with van der Waals surface area (Å²) in [6.07, 6.45) is 4.32. The summed E-state index contributed by atoms with van der Waals surface area (Å²) in [5, 5.41) is 0. The lowest BCUT2D eigenvalue weighted by Crippen LogP contribution is -2.44. The molecule has 1 fully saturated rings. The monoisotopic (exact) mass is 237 g/mol. The van der Waals surface area contributed by atoms with Gasteiger partial charge in [0.15, 0.2) is 0 Å². The van der Waals surface area contributed by atoms with Gasteiger partial charge in [-0.25, -0.2) is 0 Å². The first-order valence-corrected chi connectivity index (χ1v) is 6.34. The van der Waals surface area contributed by atoms with Gasteiger partial charge in [-0.15, -0.1) is 0 Å². The number of hydrogen-bond donors (Lipinski definition) is 1. The van der Waals surface area contributed by atoms with Crippen molar-refractivity contribution >= 4 is 0 Å². The predicted octanol–water partition coefficient (Wildman–Crippen LogP) is 1.26. The van der Waals surface area contributed by atoms with E-state index in [0.29, 0.717) is 12.6 Å². The van der Waals surface area contributed by atoms with Crippen LogP contribution in [0.15, 0.2) is 16.7 Å². The molecule has 2 heterocycles. The lowest BCUT2D eigenvalue weighted by atomic mass is 10.0. The van der Waals surface area contributed by atoms with Crippen LogP contribution in [0.4, 0.5) is 0 Å². The summed E-state index contributed by atoms with van der Waals surface area (Å²) >= 11 is 0. The molecule has 17 heavy (non-hydrogen) atoms. The highest BCUT2D eigenvalue weighted by molar-refractivity contribution is 5.16. The van der Waals surface area contributed by atoms with Crippen LogP contribution in [0, 0.1) is 0 Å². The molecule has 1 aromatic heterocycles. The molecule has 4 nitrogen and oxygen atoms in total. The van der Waals surface area contributed by atoms with E-state index in [1.165, 1.54) is 24.9 Å². The van der Waals surface area contributed by atoms with Crippen molar-refractivity contribution in [2.24, 2.45) is 5.73 Å². The highest BCUT2D eigenvalue weighted by atomic mass is 16.3. The molecule has 2 rings (SSSR count). The average molecular weight is 237 g/mol. The fourth-order valence-electron chi connectivity index (χ4n) is 2.58. The zero-order valence-corrected chi connectivity index (χ0v) is 10.9. The topological polar surface area (TPSA) is 45.6 Å². The summed E-state index contributed by atoms with van der Waals surface area (Å²) in [5.41, 5.74) is 6.88. The second-order valence-corrected chi connectivity index (χ2v) is 5.05. The molecule has 0 radical (unpaired) electrons. The number of piperidine rings is 1. The van der Waals surface area contributed by atoms with Gasteiger partial charge in [-0.2, -0.15) is 0 Å². The van der Waals surface area contributed by atoms with Crippen LogP contribution >= 0.6 is 0 Å². The van der Waals surface area contributed by atoms with Crippen LogP contribution in [0.5, 0.6) is 0 Å². The van der Waals surface area contributed by atoms with Crippen LogP contribution < -0.4 is 5.73 Å². The van der Waals surface area contributed by atoms with E-state index < -0.39 is 0 Å². The van der Waals surface area contributed by atoms with E-state index in [0.717, 1.165) is 18.8 Å². The summed E-state index contributed by atoms with van der Waals surface area (Å²) in [4.78, 5) is 4.82. The Morgan fingerprint density at radius 1 is 1.59 bits per heavy atom. The molecule has 96 valence electrons. The van der Waals surface area contributed by atoms with Crippen LogP contribution in [0.1, 0.15) is 24.2 Å². The van der Waals surface area contributed by atoms with Gasteiger partial charge in [0, 0.05) is 24.7 Å². The fourth-order valence-corrected chi connectivity index (χ4v) is 2.58. The third-order valence-corrected chi connectivity index (χ3v) is 3.67. The summed E-state index contributed by atoms with van der Waals surface area (Å²) in [7, 11) is 4.39. The Morgan fingerprint density at radius 3 is 3.12 bits per heavy atom. The van der Waals surface area contributed by atoms with Crippen molar-refractivity contribution in [3.63, 3.8) is 0 Å². The molecule has 1 aliphatic rings. The Labute approximate surface area is 103 Å². The maximum atomic E-state index is 5.65. The quantitative estimate of drug-likeness (QED) is 0.856. The minimum atomic E-state index is 0.487. The first kappa shape index (κ1) is 12.6. The van der Waals surface area contributed by atoms with E-state index in [1.807, 2.05) is 6.07 Å². The molecular weight excluding hydrogens is 214 g/mol. The Hall–Kier alpha value is -0.840. The molecule has 1 atom stereocenters. The average Bonchev–Trinajstić information content (AvgIpc) is 2.76. The van der Waals surface area contributed by atoms with Gasteiger partial charge in [0.1, 0.15) is 5.76 Å². The van der Waals surface area contributed by atoms with Gasteiger partial charge in [-0.1, -0.05) is 0 Å². The van der Waals surface area contributed by atoms with Crippen molar-refractivity contribution in [2.75, 3.05) is 27.2 Å². The van der Waals surface area contributed by atoms with E-state index in [-0.39, 0.29) is 0 Å². The number of nitrogens with two attached hydrogens (primary N) is 1. The van der Waals surface area contributed by atoms with Gasteiger partial charge < -0.3 is 15.1 Å². The van der Waals surface area contributed by atoms with Crippen molar-refractivity contribution in [3.8, 4) is 0 Å². The van der Waals surface area contributed by atoms with Crippen molar-refractivity contribution in [1.82, 2.24) is 9.80 Å². The first-order chi connectivity index (χ1) is 8.20. The zero-order chi connectivity index (χ0) is 12.3. The van der Waals surface area contributed by atoms with Crippen molar-refractivity contribution < 1.29 is 4.42 Å². The van der Waals surface area contributed by atoms with Crippen molar-refractivity contribution in [2.45, 2.75) is 32.0 Å². The van der Waals surface area contributed by atoms with Gasteiger partial charge in [-0.05, 0) is 39.5 Å². The van der Waals surface area contributed by atoms with Gasteiger partial charge in [-0.3, -0.25) is 4.90 Å². The Balaban J connectivity index is 1.94. The van der Waals surface area contributed by atoms with Crippen molar-refractivity contribution in [3.05, 3.63) is 23.7 Å². The van der Waals surface area contributed by atoms with Gasteiger partial charge >= 0.3 is 0 Å². The van der Waals surface area contributed by atoms with Gasteiger partial charge in [0.25, 0.3) is 0 Å². The molecular formula is C13H23N3O. The Bertz CT molecular complexity index is 350. The number of nitrogens with zero attached hydrogens (tertiary/aromatic N) is 2. The van der Waals surface area contributed by atoms with Crippen LogP contribution in [0.2, 0.25) is 0 Å².